The molecule has 0 radical (unpaired) electrons. The first-order valence-electron chi connectivity index (χ1n) is 18.7. The van der Waals surface area contributed by atoms with Crippen molar-refractivity contribution in [3.63, 3.8) is 0 Å². The quantitative estimate of drug-likeness (QED) is 0.222. The Labute approximate surface area is 301 Å². The molecule has 1 spiro atoms. The van der Waals surface area contributed by atoms with Gasteiger partial charge in [0.1, 0.15) is 23.4 Å². The minimum Gasteiger partial charge on any atom is -0.489 e. The van der Waals surface area contributed by atoms with E-state index in [4.69, 9.17) is 20.2 Å². The number of rotatable bonds is 6. The largest absolute Gasteiger partial charge is 0.489 e. The number of fused-ring (bicyclic) bond motifs is 8. The van der Waals surface area contributed by atoms with Crippen LogP contribution in [0.25, 0.3) is 16.8 Å². The second-order valence-corrected chi connectivity index (χ2v) is 14.5. The van der Waals surface area contributed by atoms with Crippen LogP contribution >= 0.6 is 0 Å². The van der Waals surface area contributed by atoms with Crippen LogP contribution in [-0.2, 0) is 5.41 Å². The van der Waals surface area contributed by atoms with Crippen molar-refractivity contribution in [2.75, 3.05) is 0 Å². The second kappa shape index (κ2) is 13.1. The van der Waals surface area contributed by atoms with E-state index in [1.165, 1.54) is 39.0 Å². The molecule has 0 saturated carbocycles. The summed E-state index contributed by atoms with van der Waals surface area (Å²) in [6.45, 7) is 2.18. The summed E-state index contributed by atoms with van der Waals surface area (Å²) in [5.74, 6) is 2.86. The van der Waals surface area contributed by atoms with Crippen LogP contribution in [0.3, 0.4) is 0 Å². The lowest BCUT2D eigenvalue weighted by Crippen LogP contribution is -2.51. The summed E-state index contributed by atoms with van der Waals surface area (Å²) in [6, 6.07) is 31.0. The number of aliphatic imine (C=N–C) groups is 1. The summed E-state index contributed by atoms with van der Waals surface area (Å²) < 4.78 is 14.2. The van der Waals surface area contributed by atoms with Crippen LogP contribution in [0.1, 0.15) is 85.7 Å². The van der Waals surface area contributed by atoms with Crippen LogP contribution in [0, 0.1) is 5.92 Å². The Balaban J connectivity index is 1.28. The van der Waals surface area contributed by atoms with Gasteiger partial charge in [-0.05, 0) is 84.2 Å². The zero-order valence-electron chi connectivity index (χ0n) is 29.2. The van der Waals surface area contributed by atoms with Crippen LogP contribution in [0.15, 0.2) is 144 Å². The second-order valence-electron chi connectivity index (χ2n) is 14.5. The molecule has 4 aromatic rings. The molecule has 4 unspecified atom stereocenters. The molecule has 254 valence electrons. The van der Waals surface area contributed by atoms with Crippen molar-refractivity contribution in [3.8, 4) is 28.4 Å². The van der Waals surface area contributed by atoms with E-state index in [0.717, 1.165) is 79.0 Å². The molecular formula is C47H44N2O2. The predicted octanol–water partition coefficient (Wildman–Crippen LogP) is 11.3. The van der Waals surface area contributed by atoms with E-state index in [2.05, 4.69) is 128 Å². The number of hydrogen-bond donors (Lipinski definition) is 1. The maximum absolute atomic E-state index is 7.18. The van der Waals surface area contributed by atoms with Crippen LogP contribution in [-0.4, -0.2) is 12.3 Å². The minimum atomic E-state index is -0.510. The third-order valence-corrected chi connectivity index (χ3v) is 11.5. The number of benzene rings is 4. The number of ether oxygens (including phenoxy) is 2. The van der Waals surface area contributed by atoms with Crippen molar-refractivity contribution in [3.05, 3.63) is 166 Å². The lowest BCUT2D eigenvalue weighted by atomic mass is 9.55. The molecule has 0 bridgehead atoms. The van der Waals surface area contributed by atoms with Crippen molar-refractivity contribution >= 4 is 11.9 Å². The van der Waals surface area contributed by atoms with E-state index in [9.17, 15) is 0 Å². The zero-order chi connectivity index (χ0) is 34.4. The molecule has 4 heteroatoms. The highest BCUT2D eigenvalue weighted by atomic mass is 16.5. The number of hydrogen-bond acceptors (Lipinski definition) is 4. The fourth-order valence-corrected chi connectivity index (χ4v) is 8.99. The van der Waals surface area contributed by atoms with Crippen molar-refractivity contribution in [1.82, 2.24) is 0 Å². The molecule has 0 aromatic heterocycles. The minimum absolute atomic E-state index is 0.0369. The van der Waals surface area contributed by atoms with Crippen LogP contribution in [0.2, 0.25) is 0 Å². The fraction of sp³-hybridized carbons (Fsp3) is 0.255. The highest BCUT2D eigenvalue weighted by Gasteiger charge is 2.57. The van der Waals surface area contributed by atoms with Gasteiger partial charge >= 0.3 is 0 Å². The molecule has 4 nitrogen and oxygen atoms in total. The Bertz CT molecular complexity index is 2190. The molecule has 5 aliphatic rings. The van der Waals surface area contributed by atoms with Crippen LogP contribution in [0.4, 0.5) is 0 Å². The molecule has 4 aromatic carbocycles. The number of dihydropyridines is 1. The highest BCUT2D eigenvalue weighted by Crippen LogP contribution is 2.63. The topological polar surface area (TPSA) is 56.8 Å². The van der Waals surface area contributed by atoms with E-state index < -0.39 is 5.41 Å². The first-order chi connectivity index (χ1) is 25.1. The van der Waals surface area contributed by atoms with Gasteiger partial charge in [-0.25, -0.2) is 0 Å². The number of allylic oxidation sites excluding steroid dienone is 7. The highest BCUT2D eigenvalue weighted by molar-refractivity contribution is 5.75. The normalized spacial score (nSPS) is 24.3. The van der Waals surface area contributed by atoms with E-state index in [1.807, 2.05) is 12.3 Å². The molecular weight excluding hydrogens is 625 g/mol. The van der Waals surface area contributed by atoms with Gasteiger partial charge in [-0.1, -0.05) is 117 Å². The number of nitrogens with zero attached hydrogens (tertiary/aromatic N) is 1. The third-order valence-electron chi connectivity index (χ3n) is 11.5. The Hall–Kier alpha value is -5.35. The lowest BCUT2D eigenvalue weighted by molar-refractivity contribution is 0.0685. The van der Waals surface area contributed by atoms with Gasteiger partial charge in [-0.15, -0.1) is 0 Å². The molecule has 2 N–H and O–H groups in total. The molecule has 9 rings (SSSR count). The fourth-order valence-electron chi connectivity index (χ4n) is 8.99. The van der Waals surface area contributed by atoms with Gasteiger partial charge in [0, 0.05) is 46.5 Å². The Morgan fingerprint density at radius 2 is 1.67 bits per heavy atom. The predicted molar refractivity (Wildman–Crippen MR) is 208 cm³/mol. The van der Waals surface area contributed by atoms with Crippen molar-refractivity contribution in [2.24, 2.45) is 16.6 Å². The van der Waals surface area contributed by atoms with Crippen molar-refractivity contribution in [1.29, 1.82) is 0 Å². The summed E-state index contributed by atoms with van der Waals surface area (Å²) in [5.41, 5.74) is 17.8. The molecule has 2 aliphatic carbocycles. The van der Waals surface area contributed by atoms with Gasteiger partial charge < -0.3 is 15.2 Å². The van der Waals surface area contributed by atoms with E-state index >= 15 is 0 Å². The zero-order valence-corrected chi connectivity index (χ0v) is 29.2. The molecule has 51 heavy (non-hydrogen) atoms. The van der Waals surface area contributed by atoms with E-state index in [0.29, 0.717) is 0 Å². The maximum Gasteiger partial charge on any atom is 0.132 e. The van der Waals surface area contributed by atoms with E-state index in [1.54, 1.807) is 0 Å². The van der Waals surface area contributed by atoms with Gasteiger partial charge in [0.2, 0.25) is 0 Å². The lowest BCUT2D eigenvalue weighted by Gasteiger charge is -2.53. The van der Waals surface area contributed by atoms with Crippen molar-refractivity contribution in [2.45, 2.75) is 69.4 Å². The summed E-state index contributed by atoms with van der Waals surface area (Å²) in [6.07, 6.45) is 24.5. The van der Waals surface area contributed by atoms with Crippen LogP contribution in [0.5, 0.6) is 17.2 Å². The summed E-state index contributed by atoms with van der Waals surface area (Å²) >= 11 is 0. The average Bonchev–Trinajstić information content (AvgIpc) is 3.20. The van der Waals surface area contributed by atoms with Gasteiger partial charge in [0.15, 0.2) is 0 Å². The van der Waals surface area contributed by atoms with Crippen LogP contribution < -0.4 is 15.2 Å². The van der Waals surface area contributed by atoms with Gasteiger partial charge in [-0.2, -0.15) is 0 Å². The first kappa shape index (κ1) is 31.6. The van der Waals surface area contributed by atoms with Gasteiger partial charge in [0.05, 0.1) is 11.5 Å². The Morgan fingerprint density at radius 1 is 0.843 bits per heavy atom. The maximum atomic E-state index is 7.18. The summed E-state index contributed by atoms with van der Waals surface area (Å²) in [5, 5.41) is 0. The molecule has 3 aliphatic heterocycles. The molecule has 0 amide bonds. The molecule has 0 fully saturated rings. The standard InChI is InChI=1S/C47H44N2O2/c1-2-3-16-41(48)35-20-24-39-45(29-35)50-43-27-33(31-12-6-4-7-13-31)18-22-37(43)47(39)38-23-19-34(32-14-8-5-9-15-32)28-44(38)51-46-30-36(21-25-40(46)47)42-17-10-11-26-49-42/h5-6,8-16,18-21,23-26,28-30,37,42-43H,2-4,7,17,22,27,48H2,1H3/b41-16-. The third kappa shape index (κ3) is 5.40. The van der Waals surface area contributed by atoms with Crippen molar-refractivity contribution < 1.29 is 9.47 Å². The number of nitrogens with two attached hydrogens (primary N) is 1. The Morgan fingerprint density at radius 3 is 2.47 bits per heavy atom. The van der Waals surface area contributed by atoms with Gasteiger partial charge in [0.25, 0.3) is 0 Å². The average molecular weight is 669 g/mol. The molecule has 3 heterocycles. The molecule has 0 saturated heterocycles. The van der Waals surface area contributed by atoms with E-state index in [-0.39, 0.29) is 18.1 Å². The Kier molecular flexibility index (Phi) is 8.11. The SMILES string of the molecule is CCC/C=C(\N)c1ccc2c(c1)OC1CC(C3=CCCC=C3)=CCC1C21c2ccc(-c3ccccc3)cc2Oc2cc(C3CC=CC=N3)ccc21. The summed E-state index contributed by atoms with van der Waals surface area (Å²) in [7, 11) is 0. The smallest absolute Gasteiger partial charge is 0.132 e. The molecule has 4 atom stereocenters. The summed E-state index contributed by atoms with van der Waals surface area (Å²) in [4.78, 5) is 4.83. The van der Waals surface area contributed by atoms with Gasteiger partial charge in [-0.3, -0.25) is 4.99 Å². The first-order valence-corrected chi connectivity index (χ1v) is 18.7. The monoisotopic (exact) mass is 668 g/mol. The number of unbranched alkanes of at least 4 members (excludes halogenated alkanes) is 1.